The predicted octanol–water partition coefficient (Wildman–Crippen LogP) is -0.139. The van der Waals surface area contributed by atoms with E-state index in [2.05, 4.69) is 10.3 Å². The van der Waals surface area contributed by atoms with Gasteiger partial charge in [-0.1, -0.05) is 6.07 Å². The maximum atomic E-state index is 13.2. The molecule has 2 saturated heterocycles. The average Bonchev–Trinajstić information content (AvgIpc) is 3.49. The highest BCUT2D eigenvalue weighted by Gasteiger charge is 2.48. The van der Waals surface area contributed by atoms with Gasteiger partial charge in [-0.15, -0.1) is 0 Å². The molecule has 1 saturated carbocycles. The van der Waals surface area contributed by atoms with Gasteiger partial charge >= 0.3 is 0 Å². The van der Waals surface area contributed by atoms with Gasteiger partial charge < -0.3 is 19.9 Å². The molecule has 3 aliphatic rings. The fourth-order valence-corrected chi connectivity index (χ4v) is 3.68. The second-order valence-corrected chi connectivity index (χ2v) is 6.96. The summed E-state index contributed by atoms with van der Waals surface area (Å²) in [5.74, 6) is -0.507. The van der Waals surface area contributed by atoms with Gasteiger partial charge in [-0.25, -0.2) is 0 Å². The molecule has 26 heavy (non-hydrogen) atoms. The zero-order valence-electron chi connectivity index (χ0n) is 14.5. The summed E-state index contributed by atoms with van der Waals surface area (Å²) in [6.45, 7) is 0.973. The van der Waals surface area contributed by atoms with E-state index in [0.29, 0.717) is 19.5 Å². The van der Waals surface area contributed by atoms with Crippen molar-refractivity contribution in [2.45, 2.75) is 37.5 Å². The van der Waals surface area contributed by atoms with Crippen LogP contribution >= 0.6 is 0 Å². The fourth-order valence-electron chi connectivity index (χ4n) is 3.68. The van der Waals surface area contributed by atoms with Crippen LogP contribution in [0, 0.1) is 0 Å². The van der Waals surface area contributed by atoms with Crippen LogP contribution in [0.15, 0.2) is 24.5 Å². The van der Waals surface area contributed by atoms with Crippen LogP contribution in [0.5, 0.6) is 0 Å². The molecule has 1 N–H and O–H groups in total. The number of amides is 3. The number of aromatic nitrogens is 1. The number of nitrogens with one attached hydrogen (secondary N) is 1. The molecule has 0 spiro atoms. The van der Waals surface area contributed by atoms with Crippen molar-refractivity contribution in [3.05, 3.63) is 30.1 Å². The molecule has 8 nitrogen and oxygen atoms in total. The molecule has 2 aliphatic heterocycles. The number of nitrogens with zero attached hydrogens (tertiary/aromatic N) is 3. The summed E-state index contributed by atoms with van der Waals surface area (Å²) in [6, 6.07) is 3.31. The molecule has 8 heteroatoms. The van der Waals surface area contributed by atoms with Crippen LogP contribution in [0.4, 0.5) is 0 Å². The number of hydrogen-bond acceptors (Lipinski definition) is 5. The maximum Gasteiger partial charge on any atom is 0.254 e. The number of carbonyl (C=O) groups excluding carboxylic acids is 3. The highest BCUT2D eigenvalue weighted by molar-refractivity contribution is 5.90. The third-order valence-electron chi connectivity index (χ3n) is 5.04. The summed E-state index contributed by atoms with van der Waals surface area (Å²) >= 11 is 0. The van der Waals surface area contributed by atoms with E-state index in [1.165, 1.54) is 4.90 Å². The average molecular weight is 358 g/mol. The molecular weight excluding hydrogens is 336 g/mol. The molecule has 3 amide bonds. The SMILES string of the molecule is O=C1CN(C(=O)[C@H]2OCC(=O)N(C3CC3)[C@@H]2c2cccnc2)CCCN1. The number of pyridine rings is 1. The topological polar surface area (TPSA) is 91.8 Å². The van der Waals surface area contributed by atoms with E-state index < -0.39 is 12.1 Å². The van der Waals surface area contributed by atoms with E-state index in [9.17, 15) is 14.4 Å². The zero-order valence-corrected chi connectivity index (χ0v) is 14.5. The van der Waals surface area contributed by atoms with Gasteiger partial charge in [0.25, 0.3) is 5.91 Å². The molecule has 0 aromatic carbocycles. The van der Waals surface area contributed by atoms with Gasteiger partial charge in [0.2, 0.25) is 11.8 Å². The summed E-state index contributed by atoms with van der Waals surface area (Å²) < 4.78 is 5.71. The Kier molecular flexibility index (Phi) is 4.58. The molecule has 1 aliphatic carbocycles. The van der Waals surface area contributed by atoms with E-state index in [1.54, 1.807) is 23.4 Å². The third kappa shape index (κ3) is 3.29. The normalized spacial score (nSPS) is 27.1. The van der Waals surface area contributed by atoms with Crippen LogP contribution in [0.2, 0.25) is 0 Å². The molecule has 3 fully saturated rings. The third-order valence-corrected chi connectivity index (χ3v) is 5.04. The Morgan fingerprint density at radius 3 is 2.88 bits per heavy atom. The highest BCUT2D eigenvalue weighted by atomic mass is 16.5. The zero-order chi connectivity index (χ0) is 18.1. The van der Waals surface area contributed by atoms with Crippen LogP contribution in [0.25, 0.3) is 0 Å². The van der Waals surface area contributed by atoms with E-state index in [1.807, 2.05) is 6.07 Å². The van der Waals surface area contributed by atoms with E-state index in [0.717, 1.165) is 18.4 Å². The Labute approximate surface area is 151 Å². The van der Waals surface area contributed by atoms with Crippen molar-refractivity contribution in [2.75, 3.05) is 26.2 Å². The summed E-state index contributed by atoms with van der Waals surface area (Å²) in [6.07, 6.45) is 5.10. The van der Waals surface area contributed by atoms with E-state index in [4.69, 9.17) is 4.74 Å². The lowest BCUT2D eigenvalue weighted by atomic mass is 9.97. The van der Waals surface area contributed by atoms with Crippen LogP contribution in [-0.2, 0) is 19.1 Å². The molecule has 138 valence electrons. The minimum atomic E-state index is -0.816. The summed E-state index contributed by atoms with van der Waals surface area (Å²) in [5.41, 5.74) is 0.782. The van der Waals surface area contributed by atoms with Gasteiger partial charge in [0, 0.05) is 31.5 Å². The molecule has 1 aromatic heterocycles. The van der Waals surface area contributed by atoms with Crippen molar-refractivity contribution in [3.8, 4) is 0 Å². The molecular formula is C18H22N4O4. The van der Waals surface area contributed by atoms with Crippen LogP contribution in [0.3, 0.4) is 0 Å². The number of rotatable bonds is 3. The molecule has 2 atom stereocenters. The molecule has 0 bridgehead atoms. The Morgan fingerprint density at radius 1 is 1.31 bits per heavy atom. The first-order chi connectivity index (χ1) is 12.6. The first-order valence-electron chi connectivity index (χ1n) is 9.03. The lowest BCUT2D eigenvalue weighted by molar-refractivity contribution is -0.170. The van der Waals surface area contributed by atoms with Gasteiger partial charge in [0.15, 0.2) is 6.10 Å². The van der Waals surface area contributed by atoms with Crippen molar-refractivity contribution in [1.82, 2.24) is 20.1 Å². The van der Waals surface area contributed by atoms with Crippen molar-refractivity contribution in [2.24, 2.45) is 0 Å². The molecule has 4 rings (SSSR count). The van der Waals surface area contributed by atoms with Gasteiger partial charge in [0.1, 0.15) is 6.61 Å². The summed E-state index contributed by atoms with van der Waals surface area (Å²) in [5, 5.41) is 2.77. The molecule has 0 radical (unpaired) electrons. The largest absolute Gasteiger partial charge is 0.356 e. The number of ether oxygens (including phenoxy) is 1. The second kappa shape index (κ2) is 7.03. The van der Waals surface area contributed by atoms with Crippen LogP contribution < -0.4 is 5.32 Å². The minimum Gasteiger partial charge on any atom is -0.356 e. The van der Waals surface area contributed by atoms with Crippen molar-refractivity contribution in [1.29, 1.82) is 0 Å². The monoisotopic (exact) mass is 358 g/mol. The highest BCUT2D eigenvalue weighted by Crippen LogP contribution is 2.39. The van der Waals surface area contributed by atoms with E-state index in [-0.39, 0.29) is 36.9 Å². The Bertz CT molecular complexity index is 706. The Balaban J connectivity index is 1.65. The summed E-state index contributed by atoms with van der Waals surface area (Å²) in [4.78, 5) is 45.0. The molecule has 3 heterocycles. The number of carbonyl (C=O) groups is 3. The fraction of sp³-hybridized carbons (Fsp3) is 0.556. The smallest absolute Gasteiger partial charge is 0.254 e. The lowest BCUT2D eigenvalue weighted by Gasteiger charge is -2.42. The van der Waals surface area contributed by atoms with Crippen molar-refractivity contribution in [3.63, 3.8) is 0 Å². The van der Waals surface area contributed by atoms with Crippen LogP contribution in [-0.4, -0.2) is 70.9 Å². The predicted molar refractivity (Wildman–Crippen MR) is 90.8 cm³/mol. The Morgan fingerprint density at radius 2 is 2.15 bits per heavy atom. The molecule has 1 aromatic rings. The van der Waals surface area contributed by atoms with Gasteiger partial charge in [-0.05, 0) is 30.9 Å². The van der Waals surface area contributed by atoms with Crippen LogP contribution in [0.1, 0.15) is 30.9 Å². The first-order valence-corrected chi connectivity index (χ1v) is 9.03. The lowest BCUT2D eigenvalue weighted by Crippen LogP contribution is -2.56. The van der Waals surface area contributed by atoms with Gasteiger partial charge in [-0.2, -0.15) is 0 Å². The van der Waals surface area contributed by atoms with Gasteiger partial charge in [-0.3, -0.25) is 19.4 Å². The minimum absolute atomic E-state index is 0.0236. The standard InChI is InChI=1S/C18H22N4O4/c23-14-10-21(8-2-7-20-14)18(25)17-16(12-3-1-6-19-9-12)22(13-4-5-13)15(24)11-26-17/h1,3,6,9,13,16-17H,2,4-5,7-8,10-11H2,(H,20,23)/t16-,17+/m1/s1. The second-order valence-electron chi connectivity index (χ2n) is 6.96. The summed E-state index contributed by atoms with van der Waals surface area (Å²) in [7, 11) is 0. The quantitative estimate of drug-likeness (QED) is 0.812. The van der Waals surface area contributed by atoms with Crippen molar-refractivity contribution < 1.29 is 19.1 Å². The number of morpholine rings is 1. The van der Waals surface area contributed by atoms with Gasteiger partial charge in [0.05, 0.1) is 12.6 Å². The maximum absolute atomic E-state index is 13.2. The van der Waals surface area contributed by atoms with E-state index >= 15 is 0 Å². The van der Waals surface area contributed by atoms with Crippen molar-refractivity contribution >= 4 is 17.7 Å². The first kappa shape index (κ1) is 17.0. The number of hydrogen-bond donors (Lipinski definition) is 1. The Hall–Kier alpha value is -2.48. The molecule has 0 unspecified atom stereocenters.